The van der Waals surface area contributed by atoms with Crippen molar-refractivity contribution in [3.63, 3.8) is 0 Å². The first kappa shape index (κ1) is 18.5. The molecule has 26 heavy (non-hydrogen) atoms. The summed E-state index contributed by atoms with van der Waals surface area (Å²) in [6.45, 7) is 0.203. The predicted molar refractivity (Wildman–Crippen MR) is 107 cm³/mol. The normalized spacial score (nSPS) is 10.4. The van der Waals surface area contributed by atoms with E-state index >= 15 is 0 Å². The molecule has 0 saturated carbocycles. The zero-order valence-electron chi connectivity index (χ0n) is 13.5. The molecule has 0 bridgehead atoms. The molecule has 0 saturated heterocycles. The van der Waals surface area contributed by atoms with Crippen molar-refractivity contribution in [3.05, 3.63) is 81.3 Å². The number of nitrogens with zero attached hydrogens (tertiary/aromatic N) is 1. The number of pyridine rings is 1. The third-order valence-corrected chi connectivity index (χ3v) is 4.67. The molecule has 2 N–H and O–H groups in total. The highest BCUT2D eigenvalue weighted by atomic mass is 35.5. The van der Waals surface area contributed by atoms with Gasteiger partial charge < -0.3 is 5.32 Å². The number of carbonyl (C=O) groups is 1. The van der Waals surface area contributed by atoms with Gasteiger partial charge in [0.25, 0.3) is 0 Å². The Balaban J connectivity index is 1.68. The van der Waals surface area contributed by atoms with Crippen molar-refractivity contribution in [3.8, 4) is 11.3 Å². The Morgan fingerprint density at radius 3 is 2.23 bits per heavy atom. The lowest BCUT2D eigenvalue weighted by molar-refractivity contribution is 0.251. The van der Waals surface area contributed by atoms with Crippen molar-refractivity contribution in [1.82, 2.24) is 10.3 Å². The number of carbonyl (C=O) groups excluding carboxylic acids is 1. The fourth-order valence-corrected chi connectivity index (χ4v) is 3.12. The molecule has 2 aromatic carbocycles. The summed E-state index contributed by atoms with van der Waals surface area (Å²) in [6.07, 6.45) is 0. The van der Waals surface area contributed by atoms with Gasteiger partial charge in [-0.1, -0.05) is 65.1 Å². The number of hydrogen-bond donors (Lipinski definition) is 2. The Kier molecular flexibility index (Phi) is 5.99. The molecule has 1 aromatic heterocycles. The van der Waals surface area contributed by atoms with E-state index in [-0.39, 0.29) is 6.54 Å². The van der Waals surface area contributed by atoms with Crippen LogP contribution in [0.5, 0.6) is 0 Å². The minimum atomic E-state index is -0.412. The number of halogens is 3. The minimum absolute atomic E-state index is 0.203. The first-order chi connectivity index (χ1) is 12.5. The van der Waals surface area contributed by atoms with E-state index in [0.29, 0.717) is 32.1 Å². The number of benzene rings is 2. The third kappa shape index (κ3) is 4.47. The van der Waals surface area contributed by atoms with Crippen LogP contribution in [0.3, 0.4) is 0 Å². The molecule has 132 valence electrons. The van der Waals surface area contributed by atoms with Crippen LogP contribution < -0.4 is 10.6 Å². The number of nitrogens with one attached hydrogen (secondary N) is 2. The fourth-order valence-electron chi connectivity index (χ4n) is 2.35. The maximum absolute atomic E-state index is 12.1. The smallest absolute Gasteiger partial charge is 0.320 e. The monoisotopic (exact) mass is 405 g/mol. The van der Waals surface area contributed by atoms with Gasteiger partial charge in [0.2, 0.25) is 0 Å². The Labute approximate surface area is 166 Å². The molecule has 4 nitrogen and oxygen atoms in total. The van der Waals surface area contributed by atoms with E-state index < -0.39 is 6.03 Å². The van der Waals surface area contributed by atoms with Crippen molar-refractivity contribution in [2.24, 2.45) is 0 Å². The quantitative estimate of drug-likeness (QED) is 0.556. The first-order valence-corrected chi connectivity index (χ1v) is 8.87. The number of rotatable bonds is 4. The van der Waals surface area contributed by atoms with Gasteiger partial charge in [0.05, 0.1) is 5.69 Å². The molecule has 0 aliphatic carbocycles. The summed E-state index contributed by atoms with van der Waals surface area (Å²) >= 11 is 18.4. The van der Waals surface area contributed by atoms with Crippen LogP contribution in [0.15, 0.2) is 60.7 Å². The van der Waals surface area contributed by atoms with Gasteiger partial charge in [-0.25, -0.2) is 9.78 Å². The molecule has 0 fully saturated rings. The Hall–Kier alpha value is -2.27. The summed E-state index contributed by atoms with van der Waals surface area (Å²) in [7, 11) is 0. The molecule has 0 unspecified atom stereocenters. The van der Waals surface area contributed by atoms with Crippen molar-refractivity contribution in [2.75, 3.05) is 5.32 Å². The number of anilines is 1. The highest BCUT2D eigenvalue weighted by Gasteiger charge is 2.09. The van der Waals surface area contributed by atoms with Crippen molar-refractivity contribution in [1.29, 1.82) is 0 Å². The van der Waals surface area contributed by atoms with Crippen LogP contribution >= 0.6 is 34.8 Å². The van der Waals surface area contributed by atoms with Crippen LogP contribution in [-0.2, 0) is 6.54 Å². The molecule has 0 aliphatic heterocycles. The molecule has 0 spiro atoms. The van der Waals surface area contributed by atoms with Crippen molar-refractivity contribution >= 4 is 46.7 Å². The first-order valence-electron chi connectivity index (χ1n) is 7.74. The number of hydrogen-bond acceptors (Lipinski definition) is 2. The van der Waals surface area contributed by atoms with Gasteiger partial charge in [-0.2, -0.15) is 0 Å². The summed E-state index contributed by atoms with van der Waals surface area (Å²) in [6, 6.07) is 17.5. The average Bonchev–Trinajstić information content (AvgIpc) is 2.62. The molecule has 0 radical (unpaired) electrons. The van der Waals surface area contributed by atoms with Crippen LogP contribution in [0.2, 0.25) is 15.1 Å². The molecule has 3 aromatic rings. The van der Waals surface area contributed by atoms with Gasteiger partial charge in [0.15, 0.2) is 0 Å². The van der Waals surface area contributed by atoms with E-state index in [4.69, 9.17) is 34.8 Å². The van der Waals surface area contributed by atoms with Crippen molar-refractivity contribution < 1.29 is 4.79 Å². The third-order valence-electron chi connectivity index (χ3n) is 3.63. The van der Waals surface area contributed by atoms with Gasteiger partial charge in [-0.3, -0.25) is 5.32 Å². The fraction of sp³-hybridized carbons (Fsp3) is 0.0526. The van der Waals surface area contributed by atoms with E-state index in [1.165, 1.54) is 0 Å². The van der Waals surface area contributed by atoms with Gasteiger partial charge in [0.1, 0.15) is 5.82 Å². The van der Waals surface area contributed by atoms with E-state index in [0.717, 1.165) is 5.56 Å². The largest absolute Gasteiger partial charge is 0.334 e. The Morgan fingerprint density at radius 1 is 0.846 bits per heavy atom. The highest BCUT2D eigenvalue weighted by Crippen LogP contribution is 2.27. The van der Waals surface area contributed by atoms with Crippen LogP contribution in [0.1, 0.15) is 5.56 Å². The lowest BCUT2D eigenvalue weighted by atomic mass is 10.1. The molecule has 1 heterocycles. The standard InChI is InChI=1S/C19H14Cl3N3O/c20-14-6-2-1-5-12(14)17-9-4-10-18(24-17)25-19(26)23-11-13-15(21)7-3-8-16(13)22/h1-10H,11H2,(H2,23,24,25,26). The molecular formula is C19H14Cl3N3O. The maximum Gasteiger partial charge on any atom is 0.320 e. The molecule has 7 heteroatoms. The Morgan fingerprint density at radius 2 is 1.50 bits per heavy atom. The highest BCUT2D eigenvalue weighted by molar-refractivity contribution is 6.36. The molecular weight excluding hydrogens is 393 g/mol. The van der Waals surface area contributed by atoms with Gasteiger partial charge >= 0.3 is 6.03 Å². The van der Waals surface area contributed by atoms with E-state index in [1.54, 1.807) is 36.4 Å². The van der Waals surface area contributed by atoms with Crippen LogP contribution in [0.4, 0.5) is 10.6 Å². The predicted octanol–water partition coefficient (Wildman–Crippen LogP) is 6.03. The molecule has 0 atom stereocenters. The Bertz CT molecular complexity index is 927. The summed E-state index contributed by atoms with van der Waals surface area (Å²) < 4.78 is 0. The second kappa shape index (κ2) is 8.41. The van der Waals surface area contributed by atoms with Crippen molar-refractivity contribution in [2.45, 2.75) is 6.54 Å². The average molecular weight is 407 g/mol. The second-order valence-electron chi connectivity index (χ2n) is 5.40. The minimum Gasteiger partial charge on any atom is -0.334 e. The topological polar surface area (TPSA) is 54.0 Å². The number of aromatic nitrogens is 1. The molecule has 0 aliphatic rings. The van der Waals surface area contributed by atoms with E-state index in [2.05, 4.69) is 15.6 Å². The van der Waals surface area contributed by atoms with Crippen LogP contribution in [-0.4, -0.2) is 11.0 Å². The van der Waals surface area contributed by atoms with E-state index in [9.17, 15) is 4.79 Å². The zero-order chi connectivity index (χ0) is 18.5. The van der Waals surface area contributed by atoms with E-state index in [1.807, 2.05) is 24.3 Å². The lowest BCUT2D eigenvalue weighted by Gasteiger charge is -2.11. The van der Waals surface area contributed by atoms with Gasteiger partial charge in [-0.05, 0) is 30.3 Å². The maximum atomic E-state index is 12.1. The van der Waals surface area contributed by atoms with Crippen LogP contribution in [0, 0.1) is 0 Å². The SMILES string of the molecule is O=C(NCc1c(Cl)cccc1Cl)Nc1cccc(-c2ccccc2Cl)n1. The van der Waals surface area contributed by atoms with Gasteiger partial charge in [-0.15, -0.1) is 0 Å². The molecule has 2 amide bonds. The summed E-state index contributed by atoms with van der Waals surface area (Å²) in [5.41, 5.74) is 2.12. The summed E-state index contributed by atoms with van der Waals surface area (Å²) in [5, 5.41) is 6.99. The lowest BCUT2D eigenvalue weighted by Crippen LogP contribution is -2.28. The summed E-state index contributed by atoms with van der Waals surface area (Å²) in [4.78, 5) is 16.6. The van der Waals surface area contributed by atoms with Gasteiger partial charge in [0, 0.05) is 32.7 Å². The second-order valence-corrected chi connectivity index (χ2v) is 6.62. The van der Waals surface area contributed by atoms with Crippen LogP contribution in [0.25, 0.3) is 11.3 Å². The zero-order valence-corrected chi connectivity index (χ0v) is 15.7. The summed E-state index contributed by atoms with van der Waals surface area (Å²) in [5.74, 6) is 0.408. The number of amides is 2. The molecule has 3 rings (SSSR count). The number of urea groups is 1.